The summed E-state index contributed by atoms with van der Waals surface area (Å²) in [6.07, 6.45) is 6.77. The fourth-order valence-electron chi connectivity index (χ4n) is 4.38. The summed E-state index contributed by atoms with van der Waals surface area (Å²) >= 11 is 0. The van der Waals surface area contributed by atoms with Gasteiger partial charge in [0.25, 0.3) is 0 Å². The van der Waals surface area contributed by atoms with Crippen molar-refractivity contribution in [2.75, 3.05) is 0 Å². The van der Waals surface area contributed by atoms with Gasteiger partial charge in [-0.05, 0) is 49.7 Å². The average Bonchev–Trinajstić information content (AvgIpc) is 3.54. The minimum atomic E-state index is 0.342. The van der Waals surface area contributed by atoms with Crippen LogP contribution in [0.25, 0.3) is 0 Å². The molecule has 0 bridgehead atoms. The zero-order valence-electron chi connectivity index (χ0n) is 15.5. The predicted molar refractivity (Wildman–Crippen MR) is 106 cm³/mol. The van der Waals surface area contributed by atoms with E-state index in [1.807, 2.05) is 0 Å². The molecule has 2 heteroatoms. The van der Waals surface area contributed by atoms with E-state index in [0.717, 1.165) is 51.6 Å². The van der Waals surface area contributed by atoms with Gasteiger partial charge in [0.1, 0.15) is 5.78 Å². The van der Waals surface area contributed by atoms with Crippen molar-refractivity contribution in [3.8, 4) is 0 Å². The Bertz CT molecular complexity index is 658. The van der Waals surface area contributed by atoms with E-state index in [4.69, 9.17) is 0 Å². The quantitative estimate of drug-likeness (QED) is 0.684. The van der Waals surface area contributed by atoms with E-state index in [1.54, 1.807) is 0 Å². The highest BCUT2D eigenvalue weighted by Crippen LogP contribution is 2.38. The summed E-state index contributed by atoms with van der Waals surface area (Å²) in [5, 5.41) is 0. The van der Waals surface area contributed by atoms with Gasteiger partial charge in [-0.3, -0.25) is 9.69 Å². The SMILES string of the molecule is O=C(C1CC1)C1CCC(N(Cc2ccccc2)Cc2ccccc2)CC1. The van der Waals surface area contributed by atoms with Crippen LogP contribution in [0.2, 0.25) is 0 Å². The Morgan fingerprint density at radius 1 is 0.692 bits per heavy atom. The van der Waals surface area contributed by atoms with Crippen LogP contribution in [-0.2, 0) is 17.9 Å². The van der Waals surface area contributed by atoms with E-state index in [-0.39, 0.29) is 0 Å². The fourth-order valence-corrected chi connectivity index (χ4v) is 4.38. The van der Waals surface area contributed by atoms with Gasteiger partial charge >= 0.3 is 0 Å². The van der Waals surface area contributed by atoms with Gasteiger partial charge in [-0.15, -0.1) is 0 Å². The number of benzene rings is 2. The van der Waals surface area contributed by atoms with Crippen molar-refractivity contribution in [3.05, 3.63) is 71.8 Å². The maximum absolute atomic E-state index is 12.4. The molecule has 0 radical (unpaired) electrons. The maximum atomic E-state index is 12.4. The lowest BCUT2D eigenvalue weighted by Gasteiger charge is -2.37. The lowest BCUT2D eigenvalue weighted by atomic mass is 9.81. The summed E-state index contributed by atoms with van der Waals surface area (Å²) in [5.74, 6) is 1.33. The first kappa shape index (κ1) is 17.5. The van der Waals surface area contributed by atoms with E-state index in [9.17, 15) is 4.79 Å². The normalized spacial score (nSPS) is 23.1. The third kappa shape index (κ3) is 4.42. The van der Waals surface area contributed by atoms with Crippen molar-refractivity contribution in [3.63, 3.8) is 0 Å². The van der Waals surface area contributed by atoms with Crippen molar-refractivity contribution in [1.29, 1.82) is 0 Å². The Balaban J connectivity index is 1.43. The van der Waals surface area contributed by atoms with Gasteiger partial charge in [0.05, 0.1) is 0 Å². The van der Waals surface area contributed by atoms with Crippen LogP contribution in [0.4, 0.5) is 0 Å². The highest BCUT2D eigenvalue weighted by atomic mass is 16.1. The Morgan fingerprint density at radius 3 is 1.54 bits per heavy atom. The van der Waals surface area contributed by atoms with Gasteiger partial charge in [0, 0.05) is 31.0 Å². The van der Waals surface area contributed by atoms with E-state index in [2.05, 4.69) is 65.6 Å². The molecule has 0 aromatic heterocycles. The molecule has 2 fully saturated rings. The van der Waals surface area contributed by atoms with Gasteiger partial charge in [0.15, 0.2) is 0 Å². The molecule has 0 saturated heterocycles. The van der Waals surface area contributed by atoms with E-state index >= 15 is 0 Å². The molecular formula is C24H29NO. The minimum absolute atomic E-state index is 0.342. The minimum Gasteiger partial charge on any atom is -0.299 e. The Kier molecular flexibility index (Phi) is 5.50. The first-order chi connectivity index (χ1) is 12.8. The Morgan fingerprint density at radius 2 is 1.12 bits per heavy atom. The fraction of sp³-hybridized carbons (Fsp3) is 0.458. The Labute approximate surface area is 157 Å². The largest absolute Gasteiger partial charge is 0.299 e. The maximum Gasteiger partial charge on any atom is 0.139 e. The lowest BCUT2D eigenvalue weighted by Crippen LogP contribution is -2.38. The Hall–Kier alpha value is -1.93. The highest BCUT2D eigenvalue weighted by Gasteiger charge is 2.37. The van der Waals surface area contributed by atoms with Crippen LogP contribution in [0.5, 0.6) is 0 Å². The van der Waals surface area contributed by atoms with Gasteiger partial charge in [-0.25, -0.2) is 0 Å². The third-order valence-electron chi connectivity index (χ3n) is 6.05. The standard InChI is InChI=1S/C24H29NO/c26-24(21-11-12-21)22-13-15-23(16-14-22)25(17-19-7-3-1-4-8-19)18-20-9-5-2-6-10-20/h1-10,21-23H,11-18H2. The summed E-state index contributed by atoms with van der Waals surface area (Å²) in [7, 11) is 0. The second-order valence-corrected chi connectivity index (χ2v) is 8.06. The van der Waals surface area contributed by atoms with E-state index < -0.39 is 0 Å². The van der Waals surface area contributed by atoms with Gasteiger partial charge in [-0.2, -0.15) is 0 Å². The molecule has 2 saturated carbocycles. The van der Waals surface area contributed by atoms with Crippen molar-refractivity contribution in [2.24, 2.45) is 11.8 Å². The average molecular weight is 348 g/mol. The summed E-state index contributed by atoms with van der Waals surface area (Å²) in [6, 6.07) is 22.1. The first-order valence-electron chi connectivity index (χ1n) is 10.2. The number of Topliss-reactive ketones (excluding diaryl/α,β-unsaturated/α-hetero) is 1. The monoisotopic (exact) mass is 347 g/mol. The molecule has 2 aromatic carbocycles. The smallest absolute Gasteiger partial charge is 0.139 e. The van der Waals surface area contributed by atoms with Crippen LogP contribution in [0, 0.1) is 11.8 Å². The number of hydrogen-bond donors (Lipinski definition) is 0. The molecule has 0 spiro atoms. The summed E-state index contributed by atoms with van der Waals surface area (Å²) in [5.41, 5.74) is 2.75. The molecule has 0 amide bonds. The third-order valence-corrected chi connectivity index (χ3v) is 6.05. The van der Waals surface area contributed by atoms with Crippen molar-refractivity contribution < 1.29 is 4.79 Å². The van der Waals surface area contributed by atoms with Crippen LogP contribution in [0.15, 0.2) is 60.7 Å². The number of carbonyl (C=O) groups excluding carboxylic acids is 1. The van der Waals surface area contributed by atoms with Crippen LogP contribution in [0.1, 0.15) is 49.7 Å². The number of rotatable bonds is 7. The first-order valence-corrected chi connectivity index (χ1v) is 10.2. The highest BCUT2D eigenvalue weighted by molar-refractivity contribution is 5.85. The second kappa shape index (κ2) is 8.18. The van der Waals surface area contributed by atoms with Gasteiger partial charge in [-0.1, -0.05) is 60.7 Å². The second-order valence-electron chi connectivity index (χ2n) is 8.06. The summed E-state index contributed by atoms with van der Waals surface area (Å²) < 4.78 is 0. The lowest BCUT2D eigenvalue weighted by molar-refractivity contribution is -0.125. The summed E-state index contributed by atoms with van der Waals surface area (Å²) in [4.78, 5) is 15.0. The van der Waals surface area contributed by atoms with Crippen LogP contribution in [0.3, 0.4) is 0 Å². The van der Waals surface area contributed by atoms with E-state index in [1.165, 1.54) is 11.1 Å². The van der Waals surface area contributed by atoms with Gasteiger partial charge < -0.3 is 0 Å². The van der Waals surface area contributed by atoms with Crippen molar-refractivity contribution in [2.45, 2.75) is 57.7 Å². The molecule has 2 aliphatic carbocycles. The van der Waals surface area contributed by atoms with Crippen molar-refractivity contribution in [1.82, 2.24) is 4.90 Å². The zero-order valence-corrected chi connectivity index (χ0v) is 15.5. The van der Waals surface area contributed by atoms with E-state index in [0.29, 0.717) is 23.7 Å². The molecular weight excluding hydrogens is 318 g/mol. The molecule has 0 unspecified atom stereocenters. The molecule has 0 N–H and O–H groups in total. The molecule has 136 valence electrons. The predicted octanol–water partition coefficient (Wildman–Crippen LogP) is 5.23. The molecule has 0 aliphatic heterocycles. The molecule has 4 rings (SSSR count). The molecule has 26 heavy (non-hydrogen) atoms. The van der Waals surface area contributed by atoms with Crippen molar-refractivity contribution >= 4 is 5.78 Å². The van der Waals surface area contributed by atoms with Crippen LogP contribution < -0.4 is 0 Å². The number of nitrogens with zero attached hydrogens (tertiary/aromatic N) is 1. The molecule has 0 heterocycles. The van der Waals surface area contributed by atoms with Crippen LogP contribution >= 0.6 is 0 Å². The number of carbonyl (C=O) groups is 1. The van der Waals surface area contributed by atoms with Crippen LogP contribution in [-0.4, -0.2) is 16.7 Å². The molecule has 2 aromatic rings. The van der Waals surface area contributed by atoms with Gasteiger partial charge in [0.2, 0.25) is 0 Å². The number of hydrogen-bond acceptors (Lipinski definition) is 2. The molecule has 0 atom stereocenters. The topological polar surface area (TPSA) is 20.3 Å². The zero-order chi connectivity index (χ0) is 17.8. The number of ketones is 1. The summed E-state index contributed by atoms with van der Waals surface area (Å²) in [6.45, 7) is 1.98. The molecule has 2 nitrogen and oxygen atoms in total. The molecule has 2 aliphatic rings.